The second-order valence-electron chi connectivity index (χ2n) is 6.19. The van der Waals surface area contributed by atoms with Crippen molar-refractivity contribution in [1.82, 2.24) is 20.4 Å². The summed E-state index contributed by atoms with van der Waals surface area (Å²) in [5.41, 5.74) is 1.73. The summed E-state index contributed by atoms with van der Waals surface area (Å²) in [4.78, 5) is 20.0. The predicted octanol–water partition coefficient (Wildman–Crippen LogP) is 3.70. The molecule has 10 heteroatoms. The maximum Gasteiger partial charge on any atom is 0.408 e. The molecule has 0 aliphatic rings. The maximum atomic E-state index is 12.5. The zero-order valence-electron chi connectivity index (χ0n) is 15.5. The van der Waals surface area contributed by atoms with Gasteiger partial charge >= 0.3 is 6.18 Å². The van der Waals surface area contributed by atoms with Crippen LogP contribution in [0.4, 0.5) is 13.2 Å². The number of halogens is 3. The van der Waals surface area contributed by atoms with Gasteiger partial charge in [0.2, 0.25) is 0 Å². The van der Waals surface area contributed by atoms with Crippen LogP contribution in [-0.2, 0) is 6.61 Å². The number of ether oxygens (including phenoxy) is 1. The molecule has 29 heavy (non-hydrogen) atoms. The molecule has 1 amide bonds. The Morgan fingerprint density at radius 3 is 2.66 bits per heavy atom. The van der Waals surface area contributed by atoms with E-state index in [2.05, 4.69) is 15.1 Å². The van der Waals surface area contributed by atoms with Gasteiger partial charge in [-0.25, -0.2) is 4.98 Å². The second kappa shape index (κ2) is 8.29. The van der Waals surface area contributed by atoms with Crippen LogP contribution in [0.15, 0.2) is 47.2 Å². The summed E-state index contributed by atoms with van der Waals surface area (Å²) in [7, 11) is 0. The minimum Gasteiger partial charge on any atom is -0.487 e. The van der Waals surface area contributed by atoms with Crippen LogP contribution < -0.4 is 10.1 Å². The molecule has 0 saturated heterocycles. The van der Waals surface area contributed by atoms with Gasteiger partial charge in [-0.15, -0.1) is 0 Å². The van der Waals surface area contributed by atoms with E-state index >= 15 is 0 Å². The minimum absolute atomic E-state index is 0.111. The van der Waals surface area contributed by atoms with Gasteiger partial charge in [-0.1, -0.05) is 11.2 Å². The van der Waals surface area contributed by atoms with Gasteiger partial charge in [-0.2, -0.15) is 13.2 Å². The van der Waals surface area contributed by atoms with E-state index in [1.807, 2.05) is 11.4 Å². The third-order valence-corrected chi connectivity index (χ3v) is 4.08. The molecule has 0 fully saturated rings. The summed E-state index contributed by atoms with van der Waals surface area (Å²) in [6.45, 7) is 2.71. The summed E-state index contributed by atoms with van der Waals surface area (Å²) in [6.07, 6.45) is -1.63. The molecule has 3 heterocycles. The third-order valence-electron chi connectivity index (χ3n) is 4.08. The van der Waals surface area contributed by atoms with Crippen LogP contribution in [0, 0.1) is 6.92 Å². The standard InChI is InChI=1S/C19H17F3N4O3/c1-11-14(17(26-29-11)15-5-3-4-8-23-15)10-28-13-6-7-16(24-9-13)18(27)25-12(2)19(20,21)22/h3-9,12H,10H2,1-2H3,(H,25,27)/t12-/m0/s1. The number of pyridine rings is 2. The van der Waals surface area contributed by atoms with Crippen LogP contribution in [-0.4, -0.2) is 33.2 Å². The molecule has 0 saturated carbocycles. The highest BCUT2D eigenvalue weighted by Gasteiger charge is 2.37. The van der Waals surface area contributed by atoms with Crippen LogP contribution in [0.1, 0.15) is 28.7 Å². The lowest BCUT2D eigenvalue weighted by atomic mass is 10.1. The van der Waals surface area contributed by atoms with E-state index < -0.39 is 18.1 Å². The Morgan fingerprint density at radius 1 is 1.24 bits per heavy atom. The number of carbonyl (C=O) groups is 1. The molecule has 0 spiro atoms. The number of hydrogen-bond donors (Lipinski definition) is 1. The number of aryl methyl sites for hydroxylation is 1. The van der Waals surface area contributed by atoms with E-state index in [-0.39, 0.29) is 12.3 Å². The van der Waals surface area contributed by atoms with E-state index in [1.165, 1.54) is 18.3 Å². The summed E-state index contributed by atoms with van der Waals surface area (Å²) in [5.74, 6) is -0.0255. The van der Waals surface area contributed by atoms with Gasteiger partial charge in [0.1, 0.15) is 35.5 Å². The fraction of sp³-hybridized carbons (Fsp3) is 0.263. The van der Waals surface area contributed by atoms with Crippen LogP contribution in [0.5, 0.6) is 5.75 Å². The van der Waals surface area contributed by atoms with Gasteiger partial charge in [0.15, 0.2) is 0 Å². The molecule has 152 valence electrons. The van der Waals surface area contributed by atoms with Gasteiger partial charge in [0.05, 0.1) is 17.5 Å². The van der Waals surface area contributed by atoms with E-state index in [0.29, 0.717) is 28.5 Å². The lowest BCUT2D eigenvalue weighted by Gasteiger charge is -2.16. The molecule has 0 aliphatic heterocycles. The van der Waals surface area contributed by atoms with E-state index in [4.69, 9.17) is 9.26 Å². The molecule has 1 atom stereocenters. The summed E-state index contributed by atoms with van der Waals surface area (Å²) in [5, 5.41) is 5.85. The topological polar surface area (TPSA) is 90.1 Å². The van der Waals surface area contributed by atoms with E-state index in [0.717, 1.165) is 6.92 Å². The third kappa shape index (κ3) is 4.89. The number of aromatic nitrogens is 3. The molecule has 0 unspecified atom stereocenters. The Kier molecular flexibility index (Phi) is 5.81. The molecule has 0 radical (unpaired) electrons. The Labute approximate surface area is 163 Å². The van der Waals surface area contributed by atoms with Crippen LogP contribution >= 0.6 is 0 Å². The molecule has 0 aromatic carbocycles. The molecule has 7 nitrogen and oxygen atoms in total. The zero-order valence-corrected chi connectivity index (χ0v) is 15.5. The summed E-state index contributed by atoms with van der Waals surface area (Å²) >= 11 is 0. The highest BCUT2D eigenvalue weighted by molar-refractivity contribution is 5.92. The molecule has 3 rings (SSSR count). The van der Waals surface area contributed by atoms with Crippen molar-refractivity contribution < 1.29 is 27.2 Å². The number of hydrogen-bond acceptors (Lipinski definition) is 6. The van der Waals surface area contributed by atoms with Crippen LogP contribution in [0.2, 0.25) is 0 Å². The number of amides is 1. The van der Waals surface area contributed by atoms with Gasteiger partial charge in [0.25, 0.3) is 5.91 Å². The fourth-order valence-corrected chi connectivity index (χ4v) is 2.37. The van der Waals surface area contributed by atoms with Crippen molar-refractivity contribution in [2.75, 3.05) is 0 Å². The highest BCUT2D eigenvalue weighted by Crippen LogP contribution is 2.25. The quantitative estimate of drug-likeness (QED) is 0.671. The zero-order chi connectivity index (χ0) is 21.0. The molecule has 0 bridgehead atoms. The average molecular weight is 406 g/mol. The first-order valence-electron chi connectivity index (χ1n) is 8.58. The number of nitrogens with zero attached hydrogens (tertiary/aromatic N) is 3. The van der Waals surface area contributed by atoms with Crippen molar-refractivity contribution in [1.29, 1.82) is 0 Å². The summed E-state index contributed by atoms with van der Waals surface area (Å²) < 4.78 is 48.5. The normalized spacial score (nSPS) is 12.4. The van der Waals surface area contributed by atoms with Crippen molar-refractivity contribution >= 4 is 5.91 Å². The SMILES string of the molecule is Cc1onc(-c2ccccn2)c1COc1ccc(C(=O)N[C@@H](C)C(F)(F)F)nc1. The van der Waals surface area contributed by atoms with Crippen molar-refractivity contribution in [3.8, 4) is 17.1 Å². The van der Waals surface area contributed by atoms with E-state index in [1.54, 1.807) is 25.3 Å². The number of carbonyl (C=O) groups excluding carboxylic acids is 1. The number of rotatable bonds is 6. The van der Waals surface area contributed by atoms with Crippen LogP contribution in [0.25, 0.3) is 11.4 Å². The molecule has 3 aromatic heterocycles. The lowest BCUT2D eigenvalue weighted by Crippen LogP contribution is -2.43. The Morgan fingerprint density at radius 2 is 2.03 bits per heavy atom. The van der Waals surface area contributed by atoms with E-state index in [9.17, 15) is 18.0 Å². The summed E-state index contributed by atoms with van der Waals surface area (Å²) in [6, 6.07) is 6.15. The van der Waals surface area contributed by atoms with Crippen molar-refractivity contribution in [2.45, 2.75) is 32.7 Å². The first-order chi connectivity index (χ1) is 13.8. The monoisotopic (exact) mass is 406 g/mol. The number of alkyl halides is 3. The molecule has 3 aromatic rings. The largest absolute Gasteiger partial charge is 0.487 e. The Hall–Kier alpha value is -3.43. The number of nitrogens with one attached hydrogen (secondary N) is 1. The van der Waals surface area contributed by atoms with Crippen LogP contribution in [0.3, 0.4) is 0 Å². The van der Waals surface area contributed by atoms with Gasteiger partial charge in [0, 0.05) is 6.20 Å². The molecular weight excluding hydrogens is 389 g/mol. The Bertz CT molecular complexity index is 973. The first-order valence-corrected chi connectivity index (χ1v) is 8.58. The fourth-order valence-electron chi connectivity index (χ4n) is 2.37. The van der Waals surface area contributed by atoms with Crippen molar-refractivity contribution in [3.63, 3.8) is 0 Å². The predicted molar refractivity (Wildman–Crippen MR) is 96.0 cm³/mol. The second-order valence-corrected chi connectivity index (χ2v) is 6.19. The van der Waals surface area contributed by atoms with Gasteiger partial charge in [-0.05, 0) is 38.1 Å². The van der Waals surface area contributed by atoms with Crippen molar-refractivity contribution in [2.24, 2.45) is 0 Å². The van der Waals surface area contributed by atoms with Gasteiger partial charge < -0.3 is 14.6 Å². The Balaban J connectivity index is 1.66. The smallest absolute Gasteiger partial charge is 0.408 e. The molecular formula is C19H17F3N4O3. The average Bonchev–Trinajstić information content (AvgIpc) is 3.07. The highest BCUT2D eigenvalue weighted by atomic mass is 19.4. The van der Waals surface area contributed by atoms with Gasteiger partial charge in [-0.3, -0.25) is 9.78 Å². The molecule has 1 N–H and O–H groups in total. The first kappa shape index (κ1) is 20.3. The molecule has 0 aliphatic carbocycles. The lowest BCUT2D eigenvalue weighted by molar-refractivity contribution is -0.149. The minimum atomic E-state index is -4.53. The van der Waals surface area contributed by atoms with Crippen molar-refractivity contribution in [3.05, 3.63) is 59.7 Å². The maximum absolute atomic E-state index is 12.5.